The zero-order chi connectivity index (χ0) is 0. The summed E-state index contributed by atoms with van der Waals surface area (Å²) in [7, 11) is 0. The van der Waals surface area contributed by atoms with E-state index in [-0.39, 0.29) is 93.0 Å². The summed E-state index contributed by atoms with van der Waals surface area (Å²) in [5.41, 5.74) is 0. The largest absolute Gasteiger partial charge is 0 e. The minimum Gasteiger partial charge on any atom is 0 e. The molecule has 0 aromatic carbocycles. The Hall–Kier alpha value is 3.06. The van der Waals surface area contributed by atoms with Crippen molar-refractivity contribution in [2.45, 2.75) is 0 Å². The summed E-state index contributed by atoms with van der Waals surface area (Å²) in [6, 6.07) is 0. The average Bonchev–Trinajstić information content (AvgIpc) is 0. The van der Waals surface area contributed by atoms with Crippen molar-refractivity contribution < 1.29 is 75.6 Å². The van der Waals surface area contributed by atoms with Gasteiger partial charge in [0.05, 0.1) is 0 Å². The zero-order valence-corrected chi connectivity index (χ0v) is 13.0. The molecule has 0 fully saturated rings. The Balaban J connectivity index is 0. The van der Waals surface area contributed by atoms with E-state index in [1.165, 1.54) is 0 Å². The first-order valence-electron chi connectivity index (χ1n) is 0. The van der Waals surface area contributed by atoms with Crippen LogP contribution in [0.5, 0.6) is 0 Å². The molecule has 3 radical (unpaired) electrons. The van der Waals surface area contributed by atoms with Crippen LogP contribution >= 0.6 is 0 Å². The Morgan fingerprint density at radius 2 is 1.00 bits per heavy atom. The Bertz CT molecular complexity index is 8.00. The maximum atomic E-state index is 0. The predicted octanol–water partition coefficient (Wildman–Crippen LogP) is -0.388. The van der Waals surface area contributed by atoms with E-state index in [2.05, 4.69) is 0 Å². The second-order valence-corrected chi connectivity index (χ2v) is 0. The molecule has 0 bridgehead atoms. The molecule has 0 spiro atoms. The van der Waals surface area contributed by atoms with E-state index < -0.39 is 0 Å². The molecule has 0 N–H and O–H groups in total. The molecule has 4 heteroatoms. The number of hydrogen-bond donors (Lipinski definition) is 0. The maximum absolute atomic E-state index is 0. The van der Waals surface area contributed by atoms with Crippen molar-refractivity contribution >= 4 is 17.4 Å². The van der Waals surface area contributed by atoms with Crippen LogP contribution in [0.3, 0.4) is 0 Å². The van der Waals surface area contributed by atoms with E-state index in [1.54, 1.807) is 0 Å². The predicted molar refractivity (Wildman–Crippen MR) is 5.75 cm³/mol. The van der Waals surface area contributed by atoms with Gasteiger partial charge in [-0.05, 0) is 0 Å². The fraction of sp³-hybridized carbons (Fsp3) is 0. The van der Waals surface area contributed by atoms with Crippen LogP contribution in [-0.4, -0.2) is 17.4 Å². The summed E-state index contributed by atoms with van der Waals surface area (Å²) < 4.78 is 0. The van der Waals surface area contributed by atoms with Gasteiger partial charge in [-0.1, -0.05) is 0 Å². The minimum atomic E-state index is 0. The van der Waals surface area contributed by atoms with Gasteiger partial charge in [-0.15, -0.1) is 0 Å². The van der Waals surface area contributed by atoms with Gasteiger partial charge in [-0.3, -0.25) is 0 Å². The molecule has 0 aromatic heterocycles. The van der Waals surface area contributed by atoms with Gasteiger partial charge in [0.25, 0.3) is 0 Å². The third kappa shape index (κ3) is 8.91. The topological polar surface area (TPSA) is 0 Å². The molecule has 0 saturated carbocycles. The van der Waals surface area contributed by atoms with Crippen LogP contribution < -0.4 is 0 Å². The van der Waals surface area contributed by atoms with Crippen molar-refractivity contribution in [3.63, 3.8) is 0 Å². The van der Waals surface area contributed by atoms with E-state index >= 15 is 0 Å². The Labute approximate surface area is 91.1 Å². The zero-order valence-electron chi connectivity index (χ0n) is 2.28. The molecule has 13 valence electrons. The second-order valence-electron chi connectivity index (χ2n) is 0. The van der Waals surface area contributed by atoms with Gasteiger partial charge in [0.15, 0.2) is 0 Å². The molecule has 0 amide bonds. The molecular weight excluding hydrogens is 367 g/mol. The van der Waals surface area contributed by atoms with Gasteiger partial charge in [-0.2, -0.15) is 0 Å². The molecule has 0 aromatic rings. The third-order valence-corrected chi connectivity index (χ3v) is 0. The van der Waals surface area contributed by atoms with Gasteiger partial charge in [-0.25, -0.2) is 0 Å². The van der Waals surface area contributed by atoms with E-state index in [0.717, 1.165) is 0 Å². The van der Waals surface area contributed by atoms with Crippen LogP contribution in [0.2, 0.25) is 0 Å². The first kappa shape index (κ1) is 27.7. The van der Waals surface area contributed by atoms with Crippen molar-refractivity contribution in [1.29, 1.82) is 0 Å². The quantitative estimate of drug-likeness (QED) is 0.513. The van der Waals surface area contributed by atoms with Crippen molar-refractivity contribution in [3.05, 3.63) is 0 Å². The van der Waals surface area contributed by atoms with Crippen molar-refractivity contribution in [2.24, 2.45) is 0 Å². The normalized spacial score (nSPS) is 0. The van der Waals surface area contributed by atoms with Gasteiger partial charge >= 0.3 is 0 Å². The second kappa shape index (κ2) is 16.6. The summed E-state index contributed by atoms with van der Waals surface area (Å²) in [5, 5.41) is 0. The molecule has 0 nitrogen and oxygen atoms in total. The molecule has 0 aliphatic carbocycles. The Kier molecular flexibility index (Phi) is 115. The van der Waals surface area contributed by atoms with Crippen LogP contribution in [0.4, 0.5) is 0 Å². The van der Waals surface area contributed by atoms with Gasteiger partial charge in [0.1, 0.15) is 0 Å². The van der Waals surface area contributed by atoms with Crippen molar-refractivity contribution in [3.8, 4) is 0 Å². The minimum absolute atomic E-state index is 0. The molecule has 0 aliphatic heterocycles. The SMILES string of the molecule is [Al].[Hg].[Ti].[Zr]. The van der Waals surface area contributed by atoms with Crippen LogP contribution in [-0.2, 0) is 75.6 Å². The van der Waals surface area contributed by atoms with Crippen LogP contribution in [0.15, 0.2) is 0 Å². The molecule has 0 aliphatic rings. The maximum Gasteiger partial charge on any atom is 0 e. The fourth-order valence-electron chi connectivity index (χ4n) is 0. The fourth-order valence-corrected chi connectivity index (χ4v) is 0. The van der Waals surface area contributed by atoms with Crippen molar-refractivity contribution in [1.82, 2.24) is 0 Å². The number of rotatable bonds is 0. The first-order chi connectivity index (χ1) is 0. The van der Waals surface area contributed by atoms with E-state index in [0.29, 0.717) is 0 Å². The van der Waals surface area contributed by atoms with E-state index in [4.69, 9.17) is 0 Å². The summed E-state index contributed by atoms with van der Waals surface area (Å²) in [4.78, 5) is 0. The Morgan fingerprint density at radius 3 is 1.00 bits per heavy atom. The van der Waals surface area contributed by atoms with E-state index in [9.17, 15) is 0 Å². The summed E-state index contributed by atoms with van der Waals surface area (Å²) >= 11 is 0. The summed E-state index contributed by atoms with van der Waals surface area (Å²) in [6.07, 6.45) is 0. The molecule has 0 unspecified atom stereocenters. The van der Waals surface area contributed by atoms with Gasteiger partial charge in [0, 0.05) is 93.0 Å². The van der Waals surface area contributed by atoms with Crippen LogP contribution in [0.25, 0.3) is 0 Å². The molecule has 0 heterocycles. The van der Waals surface area contributed by atoms with Crippen LogP contribution in [0, 0.1) is 0 Å². The van der Waals surface area contributed by atoms with Crippen molar-refractivity contribution in [2.75, 3.05) is 0 Å². The smallest absolute Gasteiger partial charge is 0 e. The average molecular weight is 367 g/mol. The van der Waals surface area contributed by atoms with Crippen LogP contribution in [0.1, 0.15) is 0 Å². The first-order valence-corrected chi connectivity index (χ1v) is 0. The molecule has 0 atom stereocenters. The summed E-state index contributed by atoms with van der Waals surface area (Å²) in [5.74, 6) is 0. The molecule has 0 rings (SSSR count). The summed E-state index contributed by atoms with van der Waals surface area (Å²) in [6.45, 7) is 0. The molecule has 0 saturated heterocycles. The van der Waals surface area contributed by atoms with Gasteiger partial charge < -0.3 is 0 Å². The van der Waals surface area contributed by atoms with E-state index in [1.807, 2.05) is 0 Å². The monoisotopic (exact) mass is 367 g/mol. The van der Waals surface area contributed by atoms with Gasteiger partial charge in [0.2, 0.25) is 0 Å². The standard InChI is InChI=1S/Al.Hg.Ti.Zr. The molecular formula is AlHgTiZr. The Morgan fingerprint density at radius 1 is 1.00 bits per heavy atom. The third-order valence-electron chi connectivity index (χ3n) is 0. The molecule has 4 heavy (non-hydrogen) atoms. The number of hydrogen-bond acceptors (Lipinski definition) is 0.